The summed E-state index contributed by atoms with van der Waals surface area (Å²) in [5.74, 6) is -0.378. The Kier molecular flexibility index (Phi) is 6.25. The van der Waals surface area contributed by atoms with Crippen LogP contribution < -0.4 is 4.74 Å². The van der Waals surface area contributed by atoms with Gasteiger partial charge in [0, 0.05) is 24.0 Å². The monoisotopic (exact) mass is 452 g/mol. The average molecular weight is 452 g/mol. The van der Waals surface area contributed by atoms with E-state index in [4.69, 9.17) is 9.47 Å². The van der Waals surface area contributed by atoms with Gasteiger partial charge < -0.3 is 14.6 Å². The lowest BCUT2D eigenvalue weighted by molar-refractivity contribution is -0.137. The lowest BCUT2D eigenvalue weighted by Crippen LogP contribution is -2.34. The molecule has 1 aliphatic heterocycles. The maximum atomic E-state index is 13.5. The molecule has 1 heterocycles. The fourth-order valence-corrected chi connectivity index (χ4v) is 5.42. The Bertz CT molecular complexity index is 941. The number of ether oxygens (including phenoxy) is 2. The molecule has 1 spiro atoms. The highest BCUT2D eigenvalue weighted by Gasteiger charge is 2.54. The van der Waals surface area contributed by atoms with Crippen LogP contribution in [-0.2, 0) is 10.9 Å². The summed E-state index contributed by atoms with van der Waals surface area (Å²) in [6.45, 7) is 3.91. The van der Waals surface area contributed by atoms with Gasteiger partial charge in [0.15, 0.2) is 0 Å². The molecule has 2 aromatic carbocycles. The van der Waals surface area contributed by atoms with Crippen LogP contribution in [0.1, 0.15) is 61.6 Å². The summed E-state index contributed by atoms with van der Waals surface area (Å²) in [7, 11) is 0. The van der Waals surface area contributed by atoms with Crippen molar-refractivity contribution in [2.24, 2.45) is 5.92 Å². The van der Waals surface area contributed by atoms with Crippen LogP contribution in [0.4, 0.5) is 17.6 Å². The second-order valence-electron chi connectivity index (χ2n) is 9.20. The quantitative estimate of drug-likeness (QED) is 0.561. The summed E-state index contributed by atoms with van der Waals surface area (Å²) in [4.78, 5) is 0. The number of rotatable bonds is 5. The van der Waals surface area contributed by atoms with E-state index in [1.54, 1.807) is 12.1 Å². The molecule has 3 nitrogen and oxygen atoms in total. The highest BCUT2D eigenvalue weighted by Crippen LogP contribution is 2.57. The van der Waals surface area contributed by atoms with E-state index >= 15 is 0 Å². The predicted octanol–water partition coefficient (Wildman–Crippen LogP) is 6.06. The number of aliphatic hydroxyl groups excluding tert-OH is 1. The van der Waals surface area contributed by atoms with E-state index in [2.05, 4.69) is 0 Å². The van der Waals surface area contributed by atoms with Crippen molar-refractivity contribution in [2.45, 2.75) is 62.8 Å². The van der Waals surface area contributed by atoms with Crippen molar-refractivity contribution in [2.75, 3.05) is 13.2 Å². The third-order valence-electron chi connectivity index (χ3n) is 6.74. The third kappa shape index (κ3) is 4.37. The maximum Gasteiger partial charge on any atom is 0.416 e. The fourth-order valence-electron chi connectivity index (χ4n) is 5.42. The van der Waals surface area contributed by atoms with Gasteiger partial charge in [-0.2, -0.15) is 13.2 Å². The molecule has 2 aromatic rings. The van der Waals surface area contributed by atoms with E-state index in [0.717, 1.165) is 18.1 Å². The van der Waals surface area contributed by atoms with Crippen LogP contribution in [0.3, 0.4) is 0 Å². The summed E-state index contributed by atoms with van der Waals surface area (Å²) in [6.07, 6.45) is -2.69. The summed E-state index contributed by atoms with van der Waals surface area (Å²) >= 11 is 0. The first-order valence-corrected chi connectivity index (χ1v) is 11.0. The van der Waals surface area contributed by atoms with Crippen molar-refractivity contribution >= 4 is 0 Å². The first-order valence-electron chi connectivity index (χ1n) is 11.0. The SMILES string of the molecule is CC(C)Oc1ccc(C(F)(F)F)cc1[C@H]1CO[C@]2(CC[C@H](CO)[C@H]2c2ccc(F)cc2)C1. The number of aliphatic hydroxyl groups is 1. The molecule has 1 saturated carbocycles. The third-order valence-corrected chi connectivity index (χ3v) is 6.74. The maximum absolute atomic E-state index is 13.5. The molecule has 0 radical (unpaired) electrons. The minimum absolute atomic E-state index is 0.0247. The molecule has 4 atom stereocenters. The molecule has 7 heteroatoms. The lowest BCUT2D eigenvalue weighted by atomic mass is 9.76. The Morgan fingerprint density at radius 1 is 1.16 bits per heavy atom. The second-order valence-corrected chi connectivity index (χ2v) is 9.20. The van der Waals surface area contributed by atoms with Crippen LogP contribution in [0.15, 0.2) is 42.5 Å². The smallest absolute Gasteiger partial charge is 0.416 e. The minimum Gasteiger partial charge on any atom is -0.491 e. The van der Waals surface area contributed by atoms with E-state index in [1.807, 2.05) is 13.8 Å². The van der Waals surface area contributed by atoms with Gasteiger partial charge in [0.1, 0.15) is 11.6 Å². The topological polar surface area (TPSA) is 38.7 Å². The van der Waals surface area contributed by atoms with Gasteiger partial charge in [-0.15, -0.1) is 0 Å². The number of benzene rings is 2. The van der Waals surface area contributed by atoms with E-state index in [0.29, 0.717) is 24.2 Å². The van der Waals surface area contributed by atoms with Crippen molar-refractivity contribution in [3.05, 3.63) is 65.0 Å². The second kappa shape index (κ2) is 8.67. The largest absolute Gasteiger partial charge is 0.491 e. The molecule has 1 N–H and O–H groups in total. The summed E-state index contributed by atoms with van der Waals surface area (Å²) in [5, 5.41) is 9.97. The average Bonchev–Trinajstić information content (AvgIpc) is 3.32. The molecule has 0 bridgehead atoms. The Labute approximate surface area is 185 Å². The van der Waals surface area contributed by atoms with Gasteiger partial charge in [-0.1, -0.05) is 12.1 Å². The van der Waals surface area contributed by atoms with Gasteiger partial charge in [0.05, 0.1) is 23.9 Å². The van der Waals surface area contributed by atoms with Gasteiger partial charge in [-0.25, -0.2) is 4.39 Å². The van der Waals surface area contributed by atoms with Crippen LogP contribution in [-0.4, -0.2) is 30.0 Å². The van der Waals surface area contributed by atoms with Crippen LogP contribution in [0, 0.1) is 11.7 Å². The molecular weight excluding hydrogens is 424 g/mol. The van der Waals surface area contributed by atoms with E-state index < -0.39 is 17.3 Å². The summed E-state index contributed by atoms with van der Waals surface area (Å²) < 4.78 is 66.0. The first-order chi connectivity index (χ1) is 15.1. The molecule has 0 amide bonds. The first kappa shape index (κ1) is 23.1. The molecule has 2 fully saturated rings. The van der Waals surface area contributed by atoms with E-state index in [9.17, 15) is 22.7 Å². The van der Waals surface area contributed by atoms with Gasteiger partial charge in [-0.05, 0) is 74.9 Å². The van der Waals surface area contributed by atoms with E-state index in [-0.39, 0.29) is 42.9 Å². The highest BCUT2D eigenvalue weighted by molar-refractivity contribution is 5.42. The zero-order valence-corrected chi connectivity index (χ0v) is 18.2. The van der Waals surface area contributed by atoms with Gasteiger partial charge in [0.2, 0.25) is 0 Å². The minimum atomic E-state index is -4.45. The Morgan fingerprint density at radius 3 is 2.50 bits per heavy atom. The molecule has 1 aliphatic carbocycles. The molecule has 174 valence electrons. The summed E-state index contributed by atoms with van der Waals surface area (Å²) in [6, 6.07) is 9.83. The molecular formula is C25H28F4O3. The number of alkyl halides is 3. The molecule has 32 heavy (non-hydrogen) atoms. The van der Waals surface area contributed by atoms with Crippen LogP contribution in [0.25, 0.3) is 0 Å². The number of halogens is 4. The molecule has 0 unspecified atom stereocenters. The molecule has 2 aliphatic rings. The highest BCUT2D eigenvalue weighted by atomic mass is 19.4. The van der Waals surface area contributed by atoms with Gasteiger partial charge in [0.25, 0.3) is 0 Å². The fraction of sp³-hybridized carbons (Fsp3) is 0.520. The Morgan fingerprint density at radius 2 is 1.88 bits per heavy atom. The van der Waals surface area contributed by atoms with Crippen LogP contribution in [0.5, 0.6) is 5.75 Å². The molecule has 4 rings (SSSR count). The van der Waals surface area contributed by atoms with Crippen molar-refractivity contribution < 1.29 is 32.1 Å². The van der Waals surface area contributed by atoms with Crippen LogP contribution >= 0.6 is 0 Å². The van der Waals surface area contributed by atoms with Crippen molar-refractivity contribution in [3.8, 4) is 5.75 Å². The zero-order valence-electron chi connectivity index (χ0n) is 18.2. The Hall–Kier alpha value is -2.12. The van der Waals surface area contributed by atoms with Gasteiger partial charge in [-0.3, -0.25) is 0 Å². The van der Waals surface area contributed by atoms with Crippen molar-refractivity contribution in [1.82, 2.24) is 0 Å². The standard InChI is InChI=1S/C25H28F4O3/c1-15(2)32-22-8-5-19(25(27,28)29)11-21(22)18-12-24(31-14-18)10-9-17(13-30)23(24)16-3-6-20(26)7-4-16/h3-8,11,15,17-18,23,30H,9-10,12-14H2,1-2H3/t17-,18-,23-,24-/m1/s1. The normalized spacial score (nSPS) is 28.1. The molecule has 1 saturated heterocycles. The number of hydrogen-bond donors (Lipinski definition) is 1. The van der Waals surface area contributed by atoms with Gasteiger partial charge >= 0.3 is 6.18 Å². The van der Waals surface area contributed by atoms with Crippen LogP contribution in [0.2, 0.25) is 0 Å². The van der Waals surface area contributed by atoms with Crippen molar-refractivity contribution in [1.29, 1.82) is 0 Å². The van der Waals surface area contributed by atoms with Crippen molar-refractivity contribution in [3.63, 3.8) is 0 Å². The van der Waals surface area contributed by atoms with E-state index in [1.165, 1.54) is 24.3 Å². The summed E-state index contributed by atoms with van der Waals surface area (Å²) in [5.41, 5.74) is 0.0560. The predicted molar refractivity (Wildman–Crippen MR) is 112 cm³/mol. The lowest BCUT2D eigenvalue weighted by Gasteiger charge is -2.33. The molecule has 0 aromatic heterocycles. The zero-order chi connectivity index (χ0) is 23.1. The number of hydrogen-bond acceptors (Lipinski definition) is 3. The Balaban J connectivity index is 1.69.